The number of amides is 1. The van der Waals surface area contributed by atoms with Gasteiger partial charge in [0.15, 0.2) is 0 Å². The number of aromatic nitrogens is 1. The van der Waals surface area contributed by atoms with Gasteiger partial charge in [0, 0.05) is 36.1 Å². The Kier molecular flexibility index (Phi) is 5.14. The van der Waals surface area contributed by atoms with Crippen molar-refractivity contribution in [3.05, 3.63) is 54.4 Å². The molecule has 32 heavy (non-hydrogen) atoms. The molecule has 7 heteroatoms. The van der Waals surface area contributed by atoms with Gasteiger partial charge in [-0.2, -0.15) is 0 Å². The van der Waals surface area contributed by atoms with Gasteiger partial charge in [0.25, 0.3) is 0 Å². The largest absolute Gasteiger partial charge is 0.496 e. The molecule has 5 rings (SSSR count). The van der Waals surface area contributed by atoms with Crippen LogP contribution in [0.1, 0.15) is 31.4 Å². The van der Waals surface area contributed by atoms with E-state index in [1.165, 1.54) is 0 Å². The first-order valence-corrected chi connectivity index (χ1v) is 11.0. The molecule has 5 nitrogen and oxygen atoms in total. The molecule has 1 aromatic heterocycles. The number of carbonyl (C=O) groups excluding carboxylic acids is 1. The summed E-state index contributed by atoms with van der Waals surface area (Å²) in [5.41, 5.74) is 1.92. The molecule has 3 aliphatic rings. The van der Waals surface area contributed by atoms with Crippen LogP contribution in [0.4, 0.5) is 13.6 Å². The third kappa shape index (κ3) is 3.74. The SMILES string of the molecule is COc1ccccc1-c1ccc(C=C[C@H]2[C@@H]3CCC(F)(F)C[C@@H]3CC23CNC(=O)O3)nc1. The lowest BCUT2D eigenvalue weighted by molar-refractivity contribution is -0.0659. The Balaban J connectivity index is 1.39. The zero-order chi connectivity index (χ0) is 22.3. The summed E-state index contributed by atoms with van der Waals surface area (Å²) < 4.78 is 39.2. The van der Waals surface area contributed by atoms with Gasteiger partial charge in [-0.25, -0.2) is 13.6 Å². The predicted octanol–water partition coefficient (Wildman–Crippen LogP) is 5.32. The molecule has 4 atom stereocenters. The molecule has 1 aliphatic heterocycles. The molecule has 1 unspecified atom stereocenters. The molecular formula is C25H26F2N2O3. The molecule has 1 amide bonds. The molecule has 0 bridgehead atoms. The fourth-order valence-corrected chi connectivity index (χ4v) is 5.76. The van der Waals surface area contributed by atoms with E-state index in [2.05, 4.69) is 10.3 Å². The van der Waals surface area contributed by atoms with Crippen molar-refractivity contribution in [3.8, 4) is 16.9 Å². The van der Waals surface area contributed by atoms with Crippen molar-refractivity contribution in [3.63, 3.8) is 0 Å². The Labute approximate surface area is 185 Å². The number of carbonyl (C=O) groups is 1. The standard InChI is InChI=1S/C25H26F2N2O3/c1-31-22-5-3-2-4-20(22)16-6-7-18(28-14-16)8-9-21-19-10-11-25(26,27)13-17(19)12-24(21)15-29-23(30)32-24/h2-9,14,17,19,21H,10-13,15H2,1H3,(H,29,30)/t17-,19+,21-,24?/m0/s1. The number of benzene rings is 1. The van der Waals surface area contributed by atoms with Crippen LogP contribution in [-0.4, -0.2) is 36.3 Å². The number of ether oxygens (including phenoxy) is 2. The molecule has 1 spiro atoms. The molecular weight excluding hydrogens is 414 g/mol. The predicted molar refractivity (Wildman–Crippen MR) is 116 cm³/mol. The molecule has 1 N–H and O–H groups in total. The summed E-state index contributed by atoms with van der Waals surface area (Å²) in [6, 6.07) is 11.7. The Hall–Kier alpha value is -2.96. The van der Waals surface area contributed by atoms with Crippen molar-refractivity contribution in [1.29, 1.82) is 0 Å². The highest BCUT2D eigenvalue weighted by atomic mass is 19.3. The number of para-hydroxylation sites is 1. The fraction of sp³-hybridized carbons (Fsp3) is 0.440. The second-order valence-electron chi connectivity index (χ2n) is 9.09. The Morgan fingerprint density at radius 1 is 1.22 bits per heavy atom. The van der Waals surface area contributed by atoms with E-state index in [0.29, 0.717) is 19.4 Å². The van der Waals surface area contributed by atoms with Gasteiger partial charge >= 0.3 is 6.09 Å². The number of halogens is 2. The van der Waals surface area contributed by atoms with E-state index < -0.39 is 17.6 Å². The van der Waals surface area contributed by atoms with Crippen molar-refractivity contribution in [2.24, 2.45) is 17.8 Å². The van der Waals surface area contributed by atoms with E-state index in [0.717, 1.165) is 22.6 Å². The lowest BCUT2D eigenvalue weighted by Gasteiger charge is -2.34. The third-order valence-corrected chi connectivity index (χ3v) is 7.19. The van der Waals surface area contributed by atoms with E-state index >= 15 is 0 Å². The van der Waals surface area contributed by atoms with Gasteiger partial charge in [0.2, 0.25) is 5.92 Å². The third-order valence-electron chi connectivity index (χ3n) is 7.19. The van der Waals surface area contributed by atoms with Crippen LogP contribution in [0.3, 0.4) is 0 Å². The second-order valence-corrected chi connectivity index (χ2v) is 9.09. The smallest absolute Gasteiger partial charge is 0.407 e. The summed E-state index contributed by atoms with van der Waals surface area (Å²) in [6.45, 7) is 0.361. The molecule has 2 saturated carbocycles. The lowest BCUT2D eigenvalue weighted by atomic mass is 9.75. The highest BCUT2D eigenvalue weighted by Crippen LogP contribution is 2.56. The highest BCUT2D eigenvalue weighted by Gasteiger charge is 2.60. The number of nitrogens with zero attached hydrogens (tertiary/aromatic N) is 1. The second kappa shape index (κ2) is 7.87. The van der Waals surface area contributed by atoms with Crippen LogP contribution in [-0.2, 0) is 4.74 Å². The van der Waals surface area contributed by atoms with Crippen molar-refractivity contribution < 1.29 is 23.0 Å². The van der Waals surface area contributed by atoms with E-state index in [1.807, 2.05) is 48.6 Å². The number of hydrogen-bond donors (Lipinski definition) is 1. The average Bonchev–Trinajstić information content (AvgIpc) is 3.29. The van der Waals surface area contributed by atoms with Crippen LogP contribution in [0.5, 0.6) is 5.75 Å². The van der Waals surface area contributed by atoms with Crippen molar-refractivity contribution in [2.75, 3.05) is 13.7 Å². The number of rotatable bonds is 4. The van der Waals surface area contributed by atoms with Gasteiger partial charge in [0.1, 0.15) is 11.4 Å². The number of fused-ring (bicyclic) bond motifs is 1. The van der Waals surface area contributed by atoms with Gasteiger partial charge in [-0.3, -0.25) is 4.98 Å². The van der Waals surface area contributed by atoms with E-state index in [4.69, 9.17) is 9.47 Å². The van der Waals surface area contributed by atoms with Crippen LogP contribution >= 0.6 is 0 Å². The van der Waals surface area contributed by atoms with Gasteiger partial charge in [-0.1, -0.05) is 30.3 Å². The summed E-state index contributed by atoms with van der Waals surface area (Å²) in [7, 11) is 1.64. The highest BCUT2D eigenvalue weighted by molar-refractivity contribution is 5.71. The zero-order valence-corrected chi connectivity index (χ0v) is 17.9. The average molecular weight is 440 g/mol. The fourth-order valence-electron chi connectivity index (χ4n) is 5.76. The Morgan fingerprint density at radius 3 is 2.78 bits per heavy atom. The molecule has 1 aromatic carbocycles. The first-order valence-electron chi connectivity index (χ1n) is 11.0. The van der Waals surface area contributed by atoms with E-state index in [1.54, 1.807) is 13.3 Å². The zero-order valence-electron chi connectivity index (χ0n) is 17.9. The maximum absolute atomic E-state index is 14.0. The van der Waals surface area contributed by atoms with Gasteiger partial charge in [0.05, 0.1) is 19.3 Å². The molecule has 168 valence electrons. The molecule has 2 aromatic rings. The Morgan fingerprint density at radius 2 is 2.06 bits per heavy atom. The minimum Gasteiger partial charge on any atom is -0.496 e. The molecule has 2 aliphatic carbocycles. The van der Waals surface area contributed by atoms with Crippen molar-refractivity contribution in [2.45, 2.75) is 37.2 Å². The van der Waals surface area contributed by atoms with Gasteiger partial charge < -0.3 is 14.8 Å². The van der Waals surface area contributed by atoms with E-state index in [9.17, 15) is 13.6 Å². The van der Waals surface area contributed by atoms with Gasteiger partial charge in [-0.05, 0) is 42.9 Å². The summed E-state index contributed by atoms with van der Waals surface area (Å²) in [5, 5.41) is 2.74. The minimum atomic E-state index is -2.63. The van der Waals surface area contributed by atoms with E-state index in [-0.39, 0.29) is 30.6 Å². The molecule has 0 radical (unpaired) electrons. The molecule has 1 saturated heterocycles. The Bertz CT molecular complexity index is 1040. The summed E-state index contributed by atoms with van der Waals surface area (Å²) in [4.78, 5) is 16.4. The number of alkyl carbamates (subject to hydrolysis) is 1. The van der Waals surface area contributed by atoms with Crippen molar-refractivity contribution >= 4 is 12.2 Å². The molecule has 2 heterocycles. The number of methoxy groups -OCH3 is 1. The van der Waals surface area contributed by atoms with Gasteiger partial charge in [-0.15, -0.1) is 0 Å². The monoisotopic (exact) mass is 440 g/mol. The number of nitrogens with one attached hydrogen (secondary N) is 1. The topological polar surface area (TPSA) is 60.5 Å². The molecule has 3 fully saturated rings. The van der Waals surface area contributed by atoms with Crippen molar-refractivity contribution in [1.82, 2.24) is 10.3 Å². The maximum atomic E-state index is 14.0. The minimum absolute atomic E-state index is 0.0754. The first kappa shape index (κ1) is 20.9. The van der Waals surface area contributed by atoms with Crippen LogP contribution in [0.25, 0.3) is 17.2 Å². The summed E-state index contributed by atoms with van der Waals surface area (Å²) in [5.74, 6) is -2.04. The number of hydrogen-bond acceptors (Lipinski definition) is 4. The number of alkyl halides is 2. The summed E-state index contributed by atoms with van der Waals surface area (Å²) >= 11 is 0. The lowest BCUT2D eigenvalue weighted by Crippen LogP contribution is -2.38. The number of pyridine rings is 1. The van der Waals surface area contributed by atoms with Crippen LogP contribution in [0.15, 0.2) is 48.7 Å². The van der Waals surface area contributed by atoms with Crippen LogP contribution in [0, 0.1) is 17.8 Å². The van der Waals surface area contributed by atoms with Crippen LogP contribution in [0.2, 0.25) is 0 Å². The van der Waals surface area contributed by atoms with Crippen LogP contribution < -0.4 is 10.1 Å². The summed E-state index contributed by atoms with van der Waals surface area (Å²) in [6.07, 6.45) is 5.93. The quantitative estimate of drug-likeness (QED) is 0.699. The normalized spacial score (nSPS) is 30.8. The first-order chi connectivity index (χ1) is 15.4. The maximum Gasteiger partial charge on any atom is 0.407 e.